The molecule has 1 saturated heterocycles. The zero-order chi connectivity index (χ0) is 22.9. The molecule has 0 bridgehead atoms. The molecule has 0 aromatic heterocycles. The Morgan fingerprint density at radius 3 is 2.45 bits per heavy atom. The fourth-order valence-corrected chi connectivity index (χ4v) is 5.36. The molecule has 0 spiro atoms. The molecule has 2 heterocycles. The SMILES string of the molecule is COc1ccccc1CN1C(=O)N(C2CCN(c3c(C)cccc3C)C2)Cc2ccccc21. The van der Waals surface area contributed by atoms with Crippen LogP contribution in [0.5, 0.6) is 5.75 Å². The number of benzene rings is 3. The van der Waals surface area contributed by atoms with Crippen LogP contribution in [0.25, 0.3) is 0 Å². The molecule has 2 aliphatic rings. The maximum Gasteiger partial charge on any atom is 0.325 e. The zero-order valence-corrected chi connectivity index (χ0v) is 19.6. The lowest BCUT2D eigenvalue weighted by atomic mass is 10.1. The molecule has 0 aliphatic carbocycles. The molecular weight excluding hydrogens is 410 g/mol. The first kappa shape index (κ1) is 21.4. The summed E-state index contributed by atoms with van der Waals surface area (Å²) in [5.74, 6) is 0.807. The third-order valence-corrected chi connectivity index (χ3v) is 6.98. The Morgan fingerprint density at radius 1 is 0.939 bits per heavy atom. The van der Waals surface area contributed by atoms with Gasteiger partial charge in [0.1, 0.15) is 5.75 Å². The van der Waals surface area contributed by atoms with E-state index in [1.165, 1.54) is 22.4 Å². The maximum atomic E-state index is 13.8. The highest BCUT2D eigenvalue weighted by Crippen LogP contribution is 2.35. The van der Waals surface area contributed by atoms with Gasteiger partial charge in [0.2, 0.25) is 0 Å². The standard InChI is InChI=1S/C28H31N3O2/c1-20-9-8-10-21(2)27(20)29-16-15-24(19-29)30-17-22-11-4-6-13-25(22)31(28(30)32)18-23-12-5-7-14-26(23)33-3/h4-14,24H,15-19H2,1-3H3. The fraction of sp³-hybridized carbons (Fsp3) is 0.321. The van der Waals surface area contributed by atoms with E-state index >= 15 is 0 Å². The zero-order valence-electron chi connectivity index (χ0n) is 19.6. The average Bonchev–Trinajstić information content (AvgIpc) is 3.30. The van der Waals surface area contributed by atoms with Crippen molar-refractivity contribution < 1.29 is 9.53 Å². The molecule has 0 saturated carbocycles. The highest BCUT2D eigenvalue weighted by atomic mass is 16.5. The van der Waals surface area contributed by atoms with Gasteiger partial charge in [-0.15, -0.1) is 0 Å². The molecule has 1 unspecified atom stereocenters. The normalized spacial score (nSPS) is 18.0. The molecule has 5 heteroatoms. The van der Waals surface area contributed by atoms with E-state index in [0.717, 1.165) is 36.5 Å². The summed E-state index contributed by atoms with van der Waals surface area (Å²) in [6.07, 6.45) is 0.976. The van der Waals surface area contributed by atoms with Crippen LogP contribution in [-0.4, -0.2) is 37.2 Å². The van der Waals surface area contributed by atoms with Gasteiger partial charge in [-0.05, 0) is 49.1 Å². The van der Waals surface area contributed by atoms with Gasteiger partial charge in [-0.1, -0.05) is 54.6 Å². The van der Waals surface area contributed by atoms with Crippen LogP contribution >= 0.6 is 0 Å². The minimum Gasteiger partial charge on any atom is -0.496 e. The van der Waals surface area contributed by atoms with E-state index < -0.39 is 0 Å². The van der Waals surface area contributed by atoms with Crippen molar-refractivity contribution in [1.82, 2.24) is 4.90 Å². The number of para-hydroxylation sites is 3. The van der Waals surface area contributed by atoms with Gasteiger partial charge in [0.25, 0.3) is 0 Å². The molecule has 2 amide bonds. The van der Waals surface area contributed by atoms with Gasteiger partial charge in [0, 0.05) is 30.9 Å². The predicted octanol–water partition coefficient (Wildman–Crippen LogP) is 5.53. The summed E-state index contributed by atoms with van der Waals surface area (Å²) in [4.78, 5) is 20.3. The molecule has 33 heavy (non-hydrogen) atoms. The Labute approximate surface area is 196 Å². The van der Waals surface area contributed by atoms with Crippen LogP contribution < -0.4 is 14.5 Å². The number of hydrogen-bond donors (Lipinski definition) is 0. The van der Waals surface area contributed by atoms with Crippen molar-refractivity contribution >= 4 is 17.4 Å². The molecule has 0 N–H and O–H groups in total. The van der Waals surface area contributed by atoms with Gasteiger partial charge in [0.15, 0.2) is 0 Å². The predicted molar refractivity (Wildman–Crippen MR) is 133 cm³/mol. The molecule has 5 nitrogen and oxygen atoms in total. The Hall–Kier alpha value is -3.47. The van der Waals surface area contributed by atoms with Crippen molar-refractivity contribution in [2.24, 2.45) is 0 Å². The lowest BCUT2D eigenvalue weighted by Gasteiger charge is -2.40. The minimum atomic E-state index is 0.0768. The number of nitrogens with zero attached hydrogens (tertiary/aromatic N) is 3. The van der Waals surface area contributed by atoms with Crippen molar-refractivity contribution in [1.29, 1.82) is 0 Å². The molecule has 5 rings (SSSR count). The molecule has 3 aromatic carbocycles. The van der Waals surface area contributed by atoms with Gasteiger partial charge in [0.05, 0.1) is 25.4 Å². The van der Waals surface area contributed by atoms with Gasteiger partial charge < -0.3 is 14.5 Å². The van der Waals surface area contributed by atoms with E-state index in [1.54, 1.807) is 7.11 Å². The number of ether oxygens (including phenoxy) is 1. The number of methoxy groups -OCH3 is 1. The summed E-state index contributed by atoms with van der Waals surface area (Å²) in [5, 5.41) is 0. The smallest absolute Gasteiger partial charge is 0.325 e. The van der Waals surface area contributed by atoms with Crippen molar-refractivity contribution in [2.45, 2.75) is 39.4 Å². The molecule has 3 aromatic rings. The number of amides is 2. The molecule has 1 fully saturated rings. The third kappa shape index (κ3) is 3.92. The Kier molecular flexibility index (Phi) is 5.71. The maximum absolute atomic E-state index is 13.8. The summed E-state index contributed by atoms with van der Waals surface area (Å²) >= 11 is 0. The fourth-order valence-electron chi connectivity index (χ4n) is 5.36. The van der Waals surface area contributed by atoms with Crippen molar-refractivity contribution in [3.63, 3.8) is 0 Å². The number of fused-ring (bicyclic) bond motifs is 1. The first-order chi connectivity index (χ1) is 16.1. The number of carbonyl (C=O) groups excluding carboxylic acids is 1. The van der Waals surface area contributed by atoms with Crippen LogP contribution in [-0.2, 0) is 13.1 Å². The Bertz CT molecular complexity index is 1160. The highest BCUT2D eigenvalue weighted by Gasteiger charge is 2.38. The van der Waals surface area contributed by atoms with Crippen LogP contribution in [0.4, 0.5) is 16.2 Å². The molecule has 1 atom stereocenters. The largest absolute Gasteiger partial charge is 0.496 e. The second-order valence-corrected chi connectivity index (χ2v) is 9.07. The van der Waals surface area contributed by atoms with Crippen LogP contribution in [0.15, 0.2) is 66.7 Å². The van der Waals surface area contributed by atoms with Gasteiger partial charge in [-0.2, -0.15) is 0 Å². The van der Waals surface area contributed by atoms with E-state index in [0.29, 0.717) is 13.1 Å². The first-order valence-electron chi connectivity index (χ1n) is 11.7. The molecule has 170 valence electrons. The van der Waals surface area contributed by atoms with Crippen molar-refractivity contribution in [2.75, 3.05) is 30.0 Å². The van der Waals surface area contributed by atoms with E-state index in [4.69, 9.17) is 4.74 Å². The van der Waals surface area contributed by atoms with Gasteiger partial charge >= 0.3 is 6.03 Å². The molecule has 0 radical (unpaired) electrons. The van der Waals surface area contributed by atoms with E-state index in [-0.39, 0.29) is 12.1 Å². The number of urea groups is 1. The Balaban J connectivity index is 1.43. The lowest BCUT2D eigenvalue weighted by molar-refractivity contribution is 0.177. The van der Waals surface area contributed by atoms with Crippen LogP contribution in [0, 0.1) is 13.8 Å². The van der Waals surface area contributed by atoms with Gasteiger partial charge in [-0.25, -0.2) is 4.79 Å². The summed E-state index contributed by atoms with van der Waals surface area (Å²) in [6, 6.07) is 22.9. The topological polar surface area (TPSA) is 36.0 Å². The number of aryl methyl sites for hydroxylation is 2. The van der Waals surface area contributed by atoms with Crippen molar-refractivity contribution in [3.05, 3.63) is 89.0 Å². The van der Waals surface area contributed by atoms with Gasteiger partial charge in [-0.3, -0.25) is 4.90 Å². The number of rotatable bonds is 5. The first-order valence-corrected chi connectivity index (χ1v) is 11.7. The van der Waals surface area contributed by atoms with E-state index in [2.05, 4.69) is 60.0 Å². The summed E-state index contributed by atoms with van der Waals surface area (Å²) in [5.41, 5.74) is 7.10. The molecular formula is C28H31N3O2. The minimum absolute atomic E-state index is 0.0768. The number of carbonyl (C=O) groups is 1. The quantitative estimate of drug-likeness (QED) is 0.522. The van der Waals surface area contributed by atoms with Crippen LogP contribution in [0.1, 0.15) is 28.7 Å². The Morgan fingerprint density at radius 2 is 1.67 bits per heavy atom. The third-order valence-electron chi connectivity index (χ3n) is 6.98. The van der Waals surface area contributed by atoms with Crippen LogP contribution in [0.2, 0.25) is 0 Å². The van der Waals surface area contributed by atoms with E-state index in [1.807, 2.05) is 35.2 Å². The number of anilines is 2. The average molecular weight is 442 g/mol. The number of hydrogen-bond acceptors (Lipinski definition) is 3. The summed E-state index contributed by atoms with van der Waals surface area (Å²) < 4.78 is 5.56. The molecule has 2 aliphatic heterocycles. The van der Waals surface area contributed by atoms with Crippen molar-refractivity contribution in [3.8, 4) is 5.75 Å². The second kappa shape index (κ2) is 8.81. The summed E-state index contributed by atoms with van der Waals surface area (Å²) in [6.45, 7) is 7.32. The van der Waals surface area contributed by atoms with Crippen LogP contribution in [0.3, 0.4) is 0 Å². The highest BCUT2D eigenvalue weighted by molar-refractivity contribution is 5.95. The monoisotopic (exact) mass is 441 g/mol. The lowest BCUT2D eigenvalue weighted by Crippen LogP contribution is -2.51. The summed E-state index contributed by atoms with van der Waals surface area (Å²) in [7, 11) is 1.68. The second-order valence-electron chi connectivity index (χ2n) is 9.07. The van der Waals surface area contributed by atoms with E-state index in [9.17, 15) is 4.79 Å².